The number of rotatable bonds is 37. The predicted octanol–water partition coefficient (Wildman–Crippen LogP) is 14.4. The lowest BCUT2D eigenvalue weighted by molar-refractivity contribution is -0.159. The first kappa shape index (κ1) is 50.4. The molecule has 0 N–H and O–H groups in total. The standard InChI is InChI=1S/C51H78O7/c1-3-5-7-9-11-13-15-17-19-21-23-25-27-29-41-56-50(54)48(51(55)57-42-30-28-26-24-22-20-18-16-14-12-10-8-6-4-2)40-35-44-31-36-46(37-32-44)49(53)58-47-38-33-45(43-52)34-39-47/h31-40,43,48H,3-30,41-42H2,1-2H3/b40-35+. The molecule has 0 heterocycles. The maximum Gasteiger partial charge on any atom is 0.343 e. The molecule has 0 aliphatic heterocycles. The van der Waals surface area contributed by atoms with Crippen LogP contribution in [0.4, 0.5) is 0 Å². The van der Waals surface area contributed by atoms with E-state index in [0.717, 1.165) is 44.8 Å². The number of carbonyl (C=O) groups excluding carboxylic acids is 4. The molecule has 0 aliphatic rings. The van der Waals surface area contributed by atoms with Gasteiger partial charge in [-0.2, -0.15) is 0 Å². The number of aldehydes is 1. The highest BCUT2D eigenvalue weighted by molar-refractivity contribution is 5.98. The fraction of sp³-hybridized carbons (Fsp3) is 0.647. The minimum atomic E-state index is -1.17. The molecule has 0 spiro atoms. The summed E-state index contributed by atoms with van der Waals surface area (Å²) in [5.74, 6) is -2.57. The van der Waals surface area contributed by atoms with Crippen LogP contribution >= 0.6 is 0 Å². The summed E-state index contributed by atoms with van der Waals surface area (Å²) in [5, 5.41) is 0. The second-order valence-corrected chi connectivity index (χ2v) is 16.1. The zero-order chi connectivity index (χ0) is 41.7. The zero-order valence-corrected chi connectivity index (χ0v) is 36.5. The Balaban J connectivity index is 1.76. The highest BCUT2D eigenvalue weighted by atomic mass is 16.6. The minimum Gasteiger partial charge on any atom is -0.465 e. The first-order valence-corrected chi connectivity index (χ1v) is 23.4. The van der Waals surface area contributed by atoms with E-state index in [4.69, 9.17) is 14.2 Å². The number of hydrogen-bond donors (Lipinski definition) is 0. The van der Waals surface area contributed by atoms with Crippen molar-refractivity contribution in [2.24, 2.45) is 5.92 Å². The lowest BCUT2D eigenvalue weighted by atomic mass is 10.0. The molecule has 7 nitrogen and oxygen atoms in total. The molecule has 2 aromatic carbocycles. The van der Waals surface area contributed by atoms with E-state index < -0.39 is 23.8 Å². The fourth-order valence-electron chi connectivity index (χ4n) is 7.09. The van der Waals surface area contributed by atoms with Crippen molar-refractivity contribution in [2.75, 3.05) is 13.2 Å². The minimum absolute atomic E-state index is 0.280. The third kappa shape index (κ3) is 25.6. The van der Waals surface area contributed by atoms with Gasteiger partial charge in [-0.3, -0.25) is 14.4 Å². The quantitative estimate of drug-likeness (QED) is 0.0221. The van der Waals surface area contributed by atoms with Crippen LogP contribution in [0, 0.1) is 5.92 Å². The number of hydrogen-bond acceptors (Lipinski definition) is 7. The van der Waals surface area contributed by atoms with Gasteiger partial charge in [0.2, 0.25) is 0 Å². The lowest BCUT2D eigenvalue weighted by Gasteiger charge is -2.13. The van der Waals surface area contributed by atoms with E-state index in [2.05, 4.69) is 13.8 Å². The van der Waals surface area contributed by atoms with Crippen LogP contribution in [0.5, 0.6) is 5.75 Å². The van der Waals surface area contributed by atoms with Crippen LogP contribution in [0.3, 0.4) is 0 Å². The maximum atomic E-state index is 13.2. The third-order valence-electron chi connectivity index (χ3n) is 10.8. The summed E-state index contributed by atoms with van der Waals surface area (Å²) < 4.78 is 16.6. The Bertz CT molecular complexity index is 1320. The van der Waals surface area contributed by atoms with Crippen LogP contribution in [0.1, 0.15) is 220 Å². The second-order valence-electron chi connectivity index (χ2n) is 16.1. The van der Waals surface area contributed by atoms with Gasteiger partial charge in [0.25, 0.3) is 0 Å². The van der Waals surface area contributed by atoms with E-state index in [0.29, 0.717) is 22.4 Å². The Labute approximate surface area is 352 Å². The molecule has 0 radical (unpaired) electrons. The van der Waals surface area contributed by atoms with Crippen LogP contribution in [0.2, 0.25) is 0 Å². The summed E-state index contributed by atoms with van der Waals surface area (Å²) in [6.07, 6.45) is 38.9. The first-order valence-electron chi connectivity index (χ1n) is 23.4. The summed E-state index contributed by atoms with van der Waals surface area (Å²) in [7, 11) is 0. The van der Waals surface area contributed by atoms with Gasteiger partial charge < -0.3 is 14.2 Å². The van der Waals surface area contributed by atoms with E-state index in [9.17, 15) is 19.2 Å². The van der Waals surface area contributed by atoms with Crippen molar-refractivity contribution >= 4 is 30.3 Å². The highest BCUT2D eigenvalue weighted by Gasteiger charge is 2.27. The van der Waals surface area contributed by atoms with Crippen LogP contribution in [0.25, 0.3) is 6.08 Å². The molecule has 324 valence electrons. The summed E-state index contributed by atoms with van der Waals surface area (Å²) in [6, 6.07) is 13.0. The average Bonchev–Trinajstić information content (AvgIpc) is 3.24. The van der Waals surface area contributed by atoms with Crippen molar-refractivity contribution < 1.29 is 33.4 Å². The third-order valence-corrected chi connectivity index (χ3v) is 10.8. The smallest absolute Gasteiger partial charge is 0.343 e. The second kappa shape index (κ2) is 35.2. The molecular formula is C51H78O7. The number of carbonyl (C=O) groups is 4. The van der Waals surface area contributed by atoms with Crippen molar-refractivity contribution in [3.8, 4) is 5.75 Å². The molecule has 58 heavy (non-hydrogen) atoms. The molecule has 0 bridgehead atoms. The van der Waals surface area contributed by atoms with Gasteiger partial charge in [-0.05, 0) is 54.8 Å². The fourth-order valence-corrected chi connectivity index (χ4v) is 7.09. The van der Waals surface area contributed by atoms with Crippen LogP contribution in [-0.2, 0) is 19.1 Å². The molecule has 2 rings (SSSR count). The molecule has 0 fully saturated rings. The van der Waals surface area contributed by atoms with Crippen molar-refractivity contribution in [2.45, 2.75) is 194 Å². The molecular weight excluding hydrogens is 725 g/mol. The predicted molar refractivity (Wildman–Crippen MR) is 238 cm³/mol. The van der Waals surface area contributed by atoms with Gasteiger partial charge in [0.05, 0.1) is 18.8 Å². The van der Waals surface area contributed by atoms with Crippen molar-refractivity contribution in [1.82, 2.24) is 0 Å². The van der Waals surface area contributed by atoms with Crippen molar-refractivity contribution in [1.29, 1.82) is 0 Å². The van der Waals surface area contributed by atoms with Gasteiger partial charge in [0, 0.05) is 5.56 Å². The van der Waals surface area contributed by atoms with Crippen molar-refractivity contribution in [3.05, 3.63) is 71.3 Å². The Hall–Kier alpha value is -3.74. The first-order chi connectivity index (χ1) is 28.5. The Morgan fingerprint density at radius 2 is 0.810 bits per heavy atom. The largest absolute Gasteiger partial charge is 0.465 e. The van der Waals surface area contributed by atoms with Gasteiger partial charge in [0.1, 0.15) is 12.0 Å². The monoisotopic (exact) mass is 803 g/mol. The lowest BCUT2D eigenvalue weighted by Crippen LogP contribution is -2.27. The summed E-state index contributed by atoms with van der Waals surface area (Å²) in [4.78, 5) is 50.0. The average molecular weight is 803 g/mol. The topological polar surface area (TPSA) is 96.0 Å². The van der Waals surface area contributed by atoms with Gasteiger partial charge in [-0.1, -0.05) is 205 Å². The zero-order valence-electron chi connectivity index (χ0n) is 36.5. The number of esters is 3. The van der Waals surface area contributed by atoms with Crippen molar-refractivity contribution in [3.63, 3.8) is 0 Å². The van der Waals surface area contributed by atoms with Crippen LogP contribution in [0.15, 0.2) is 54.6 Å². The van der Waals surface area contributed by atoms with E-state index in [1.807, 2.05) is 0 Å². The summed E-state index contributed by atoms with van der Waals surface area (Å²) >= 11 is 0. The molecule has 0 unspecified atom stereocenters. The van der Waals surface area contributed by atoms with Crippen LogP contribution in [-0.4, -0.2) is 37.4 Å². The van der Waals surface area contributed by atoms with Gasteiger partial charge >= 0.3 is 17.9 Å². The van der Waals surface area contributed by atoms with E-state index in [1.165, 1.54) is 147 Å². The number of ether oxygens (including phenoxy) is 3. The SMILES string of the molecule is CCCCCCCCCCCCCCCCOC(=O)C(/C=C/c1ccc(C(=O)Oc2ccc(C=O)cc2)cc1)C(=O)OCCCCCCCCCCCCCCCC. The number of benzene rings is 2. The molecule has 0 saturated carbocycles. The molecule has 2 aromatic rings. The van der Waals surface area contributed by atoms with Gasteiger partial charge in [-0.25, -0.2) is 4.79 Å². The summed E-state index contributed by atoms with van der Waals surface area (Å²) in [5.41, 5.74) is 1.54. The van der Waals surface area contributed by atoms with E-state index in [1.54, 1.807) is 54.6 Å². The summed E-state index contributed by atoms with van der Waals surface area (Å²) in [6.45, 7) is 5.08. The highest BCUT2D eigenvalue weighted by Crippen LogP contribution is 2.18. The van der Waals surface area contributed by atoms with E-state index >= 15 is 0 Å². The molecule has 7 heteroatoms. The van der Waals surface area contributed by atoms with Gasteiger partial charge in [0.15, 0.2) is 5.92 Å². The van der Waals surface area contributed by atoms with Crippen LogP contribution < -0.4 is 4.74 Å². The Morgan fingerprint density at radius 1 is 0.466 bits per heavy atom. The molecule has 0 aromatic heterocycles. The Kier molecular flexibility index (Phi) is 30.6. The van der Waals surface area contributed by atoms with E-state index in [-0.39, 0.29) is 13.2 Å². The van der Waals surface area contributed by atoms with Gasteiger partial charge in [-0.15, -0.1) is 0 Å². The molecule has 0 amide bonds. The molecule has 0 atom stereocenters. The maximum absolute atomic E-state index is 13.2. The normalized spacial score (nSPS) is 11.3. The number of unbranched alkanes of at least 4 members (excludes halogenated alkanes) is 26. The Morgan fingerprint density at radius 3 is 1.17 bits per heavy atom. The molecule has 0 aliphatic carbocycles. The molecule has 0 saturated heterocycles.